The number of thioether (sulfide) groups is 1. The van der Waals surface area contributed by atoms with Crippen molar-refractivity contribution in [3.63, 3.8) is 0 Å². The average Bonchev–Trinajstić information content (AvgIpc) is 2.72. The normalized spacial score (nSPS) is 11.2. The van der Waals surface area contributed by atoms with Gasteiger partial charge in [0.25, 0.3) is 5.56 Å². The standard InChI is InChI=1S/C22H26N4O4S/c1-12-7-13(2)18(14(3)8-12)24-16(27)11-31-19-15(10-30-6)9-23-20-17(19)21(28)26(5)22(29)25(20)4/h7-9H,10-11H2,1-6H3,(H,24,27). The Morgan fingerprint density at radius 3 is 2.39 bits per heavy atom. The number of nitrogens with one attached hydrogen (secondary N) is 1. The van der Waals surface area contributed by atoms with E-state index in [-0.39, 0.29) is 23.9 Å². The van der Waals surface area contributed by atoms with Gasteiger partial charge in [-0.15, -0.1) is 11.8 Å². The number of anilines is 1. The summed E-state index contributed by atoms with van der Waals surface area (Å²) in [5, 5.41) is 3.28. The third-order valence-corrected chi connectivity index (χ3v) is 6.25. The minimum Gasteiger partial charge on any atom is -0.380 e. The molecule has 0 fully saturated rings. The number of ether oxygens (including phenoxy) is 1. The van der Waals surface area contributed by atoms with Gasteiger partial charge in [-0.3, -0.25) is 18.7 Å². The van der Waals surface area contributed by atoms with Gasteiger partial charge >= 0.3 is 5.69 Å². The van der Waals surface area contributed by atoms with Crippen LogP contribution in [-0.2, 0) is 30.2 Å². The molecule has 31 heavy (non-hydrogen) atoms. The maximum absolute atomic E-state index is 12.9. The van der Waals surface area contributed by atoms with Gasteiger partial charge in [0.15, 0.2) is 0 Å². The first-order valence-electron chi connectivity index (χ1n) is 9.72. The molecule has 0 bridgehead atoms. The number of amides is 1. The van der Waals surface area contributed by atoms with Gasteiger partial charge in [0.1, 0.15) is 5.65 Å². The zero-order valence-electron chi connectivity index (χ0n) is 18.5. The first-order valence-corrected chi connectivity index (χ1v) is 10.7. The van der Waals surface area contributed by atoms with E-state index in [2.05, 4.69) is 10.3 Å². The highest BCUT2D eigenvalue weighted by Crippen LogP contribution is 2.29. The number of aromatic nitrogens is 3. The molecule has 0 unspecified atom stereocenters. The van der Waals surface area contributed by atoms with Crippen LogP contribution >= 0.6 is 11.8 Å². The third-order valence-electron chi connectivity index (χ3n) is 5.08. The van der Waals surface area contributed by atoms with Crippen LogP contribution in [0.15, 0.2) is 32.8 Å². The molecule has 9 heteroatoms. The van der Waals surface area contributed by atoms with Crippen molar-refractivity contribution in [2.75, 3.05) is 18.2 Å². The maximum Gasteiger partial charge on any atom is 0.332 e. The van der Waals surface area contributed by atoms with E-state index in [4.69, 9.17) is 4.74 Å². The maximum atomic E-state index is 12.9. The summed E-state index contributed by atoms with van der Waals surface area (Å²) in [6, 6.07) is 4.04. The lowest BCUT2D eigenvalue weighted by Gasteiger charge is -2.15. The number of pyridine rings is 1. The van der Waals surface area contributed by atoms with Gasteiger partial charge in [-0.05, 0) is 31.9 Å². The molecule has 1 aromatic carbocycles. The van der Waals surface area contributed by atoms with E-state index in [9.17, 15) is 14.4 Å². The van der Waals surface area contributed by atoms with Gasteiger partial charge in [-0.1, -0.05) is 17.7 Å². The van der Waals surface area contributed by atoms with Gasteiger partial charge in [-0.25, -0.2) is 9.78 Å². The van der Waals surface area contributed by atoms with Crippen LogP contribution in [0.1, 0.15) is 22.3 Å². The van der Waals surface area contributed by atoms with Crippen molar-refractivity contribution in [3.8, 4) is 0 Å². The van der Waals surface area contributed by atoms with Crippen molar-refractivity contribution in [2.45, 2.75) is 32.3 Å². The minimum absolute atomic E-state index is 0.0918. The minimum atomic E-state index is -0.455. The van der Waals surface area contributed by atoms with Crippen molar-refractivity contribution < 1.29 is 9.53 Å². The summed E-state index contributed by atoms with van der Waals surface area (Å²) in [5.74, 6) is -0.0933. The van der Waals surface area contributed by atoms with Gasteiger partial charge in [-0.2, -0.15) is 0 Å². The number of nitrogens with zero attached hydrogens (tertiary/aromatic N) is 3. The molecule has 164 valence electrons. The zero-order chi connectivity index (χ0) is 22.9. The molecule has 0 spiro atoms. The summed E-state index contributed by atoms with van der Waals surface area (Å²) < 4.78 is 7.63. The summed E-state index contributed by atoms with van der Waals surface area (Å²) in [5.41, 5.74) is 3.98. The van der Waals surface area contributed by atoms with E-state index in [1.165, 1.54) is 23.4 Å². The summed E-state index contributed by atoms with van der Waals surface area (Å²) >= 11 is 1.24. The second-order valence-corrected chi connectivity index (χ2v) is 8.55. The molecule has 0 atom stereocenters. The second-order valence-electron chi connectivity index (χ2n) is 7.56. The van der Waals surface area contributed by atoms with E-state index >= 15 is 0 Å². The van der Waals surface area contributed by atoms with Crippen molar-refractivity contribution in [1.82, 2.24) is 14.1 Å². The highest BCUT2D eigenvalue weighted by molar-refractivity contribution is 8.00. The molecule has 0 saturated carbocycles. The van der Waals surface area contributed by atoms with E-state index in [0.29, 0.717) is 15.8 Å². The van der Waals surface area contributed by atoms with Crippen LogP contribution in [0.25, 0.3) is 11.0 Å². The lowest BCUT2D eigenvalue weighted by atomic mass is 10.1. The molecule has 0 radical (unpaired) electrons. The molecule has 0 aliphatic heterocycles. The molecular formula is C22H26N4O4S. The smallest absolute Gasteiger partial charge is 0.332 e. The van der Waals surface area contributed by atoms with Crippen LogP contribution in [0.2, 0.25) is 0 Å². The topological polar surface area (TPSA) is 95.2 Å². The lowest BCUT2D eigenvalue weighted by Crippen LogP contribution is -2.37. The Hall–Kier alpha value is -2.91. The van der Waals surface area contributed by atoms with Crippen molar-refractivity contribution in [1.29, 1.82) is 0 Å². The largest absolute Gasteiger partial charge is 0.380 e. The number of hydrogen-bond donors (Lipinski definition) is 1. The highest BCUT2D eigenvalue weighted by atomic mass is 32.2. The molecule has 0 aliphatic rings. The molecule has 2 aromatic heterocycles. The molecule has 0 aliphatic carbocycles. The molecule has 0 saturated heterocycles. The van der Waals surface area contributed by atoms with Crippen LogP contribution in [0, 0.1) is 20.8 Å². The Bertz CT molecular complexity index is 1270. The van der Waals surface area contributed by atoms with E-state index in [1.807, 2.05) is 32.9 Å². The Kier molecular flexibility index (Phi) is 6.66. The summed E-state index contributed by atoms with van der Waals surface area (Å²) in [6.45, 7) is 6.16. The van der Waals surface area contributed by atoms with Gasteiger partial charge < -0.3 is 10.1 Å². The summed E-state index contributed by atoms with van der Waals surface area (Å²) in [7, 11) is 4.54. The molecule has 1 amide bonds. The molecule has 3 rings (SSSR count). The number of carbonyl (C=O) groups excluding carboxylic acids is 1. The molecular weight excluding hydrogens is 416 g/mol. The Labute approximate surface area is 184 Å². The SMILES string of the molecule is COCc1cnc2c(c1SCC(=O)Nc1c(C)cc(C)cc1C)c(=O)n(C)c(=O)n2C. The number of rotatable bonds is 6. The fourth-order valence-electron chi connectivity index (χ4n) is 3.66. The van der Waals surface area contributed by atoms with Crippen LogP contribution in [-0.4, -0.2) is 32.9 Å². The number of hydrogen-bond acceptors (Lipinski definition) is 6. The molecule has 3 aromatic rings. The first kappa shape index (κ1) is 22.8. The third kappa shape index (κ3) is 4.42. The van der Waals surface area contributed by atoms with Gasteiger partial charge in [0, 0.05) is 43.5 Å². The predicted octanol–water partition coefficient (Wildman–Crippen LogP) is 2.43. The number of fused-ring (bicyclic) bond motifs is 1. The molecule has 1 N–H and O–H groups in total. The molecule has 2 heterocycles. The van der Waals surface area contributed by atoms with E-state index in [1.54, 1.807) is 20.4 Å². The second kappa shape index (κ2) is 9.07. The van der Waals surface area contributed by atoms with E-state index in [0.717, 1.165) is 26.9 Å². The number of benzene rings is 1. The van der Waals surface area contributed by atoms with Crippen molar-refractivity contribution in [2.24, 2.45) is 14.1 Å². The monoisotopic (exact) mass is 442 g/mol. The highest BCUT2D eigenvalue weighted by Gasteiger charge is 2.19. The fraction of sp³-hybridized carbons (Fsp3) is 0.364. The lowest BCUT2D eigenvalue weighted by molar-refractivity contribution is -0.113. The van der Waals surface area contributed by atoms with Crippen LogP contribution < -0.4 is 16.6 Å². The first-order chi connectivity index (χ1) is 14.6. The average molecular weight is 443 g/mol. The number of aryl methyl sites for hydroxylation is 4. The van der Waals surface area contributed by atoms with Gasteiger partial charge in [0.2, 0.25) is 5.91 Å². The van der Waals surface area contributed by atoms with Crippen molar-refractivity contribution >= 4 is 34.4 Å². The predicted molar refractivity (Wildman–Crippen MR) is 123 cm³/mol. The number of carbonyl (C=O) groups is 1. The summed E-state index contributed by atoms with van der Waals surface area (Å²) in [6.07, 6.45) is 1.58. The van der Waals surface area contributed by atoms with Gasteiger partial charge in [0.05, 0.1) is 17.7 Å². The Balaban J connectivity index is 1.99. The Morgan fingerprint density at radius 1 is 1.13 bits per heavy atom. The van der Waals surface area contributed by atoms with Crippen LogP contribution in [0.5, 0.6) is 0 Å². The molecule has 8 nitrogen and oxygen atoms in total. The van der Waals surface area contributed by atoms with E-state index < -0.39 is 11.2 Å². The number of methoxy groups -OCH3 is 1. The van der Waals surface area contributed by atoms with Crippen LogP contribution in [0.3, 0.4) is 0 Å². The fourth-order valence-corrected chi connectivity index (χ4v) is 4.62. The zero-order valence-corrected chi connectivity index (χ0v) is 19.3. The van der Waals surface area contributed by atoms with Crippen LogP contribution in [0.4, 0.5) is 5.69 Å². The van der Waals surface area contributed by atoms with Crippen molar-refractivity contribution in [3.05, 3.63) is 61.4 Å². The summed E-state index contributed by atoms with van der Waals surface area (Å²) in [4.78, 5) is 42.8. The quantitative estimate of drug-likeness (QED) is 0.589. The Morgan fingerprint density at radius 2 is 1.77 bits per heavy atom.